The van der Waals surface area contributed by atoms with Crippen LogP contribution in [-0.2, 0) is 0 Å². The summed E-state index contributed by atoms with van der Waals surface area (Å²) in [6.07, 6.45) is 0. The first kappa shape index (κ1) is 13.9. The van der Waals surface area contributed by atoms with Gasteiger partial charge in [0.25, 0.3) is 0 Å². The Morgan fingerprint density at radius 3 is 2.58 bits per heavy atom. The van der Waals surface area contributed by atoms with E-state index in [4.69, 9.17) is 9.15 Å². The predicted octanol–water partition coefficient (Wildman–Crippen LogP) is 4.14. The molecule has 0 amide bonds. The molecule has 104 valence electrons. The third kappa shape index (κ3) is 2.92. The fourth-order valence-electron chi connectivity index (χ4n) is 2.44. The Kier molecular flexibility index (Phi) is 3.85. The molecule has 3 nitrogen and oxygen atoms in total. The average Bonchev–Trinajstić information content (AvgIpc) is 2.70. The second-order valence-corrected chi connectivity index (χ2v) is 5.87. The zero-order valence-corrected chi connectivity index (χ0v) is 12.4. The Bertz CT molecular complexity index is 551. The van der Waals surface area contributed by atoms with Gasteiger partial charge in [-0.3, -0.25) is 0 Å². The van der Waals surface area contributed by atoms with E-state index in [0.717, 1.165) is 22.5 Å². The molecule has 1 heterocycles. The Hall–Kier alpha value is -1.48. The van der Waals surface area contributed by atoms with Crippen molar-refractivity contribution in [3.05, 3.63) is 30.0 Å². The topological polar surface area (TPSA) is 34.4 Å². The summed E-state index contributed by atoms with van der Waals surface area (Å²) < 4.78 is 11.5. The molecule has 1 aromatic heterocycles. The van der Waals surface area contributed by atoms with Gasteiger partial charge in [0.2, 0.25) is 0 Å². The molecule has 0 saturated carbocycles. The quantitative estimate of drug-likeness (QED) is 0.898. The molecular formula is C16H23NO2. The van der Waals surface area contributed by atoms with E-state index in [-0.39, 0.29) is 11.5 Å². The van der Waals surface area contributed by atoms with Crippen LogP contribution in [0.25, 0.3) is 11.0 Å². The number of furan rings is 1. The van der Waals surface area contributed by atoms with Gasteiger partial charge in [0.05, 0.1) is 12.6 Å². The lowest BCUT2D eigenvalue weighted by Gasteiger charge is -2.28. The second kappa shape index (κ2) is 5.25. The molecule has 0 spiro atoms. The summed E-state index contributed by atoms with van der Waals surface area (Å²) >= 11 is 0. The Morgan fingerprint density at radius 1 is 1.26 bits per heavy atom. The molecule has 1 N–H and O–H groups in total. The molecule has 2 aromatic rings. The van der Waals surface area contributed by atoms with Gasteiger partial charge in [-0.15, -0.1) is 0 Å². The third-order valence-electron chi connectivity index (χ3n) is 3.26. The highest BCUT2D eigenvalue weighted by Gasteiger charge is 2.27. The minimum atomic E-state index is 0.103. The first-order valence-electron chi connectivity index (χ1n) is 6.79. The molecule has 2 rings (SSSR count). The fraction of sp³-hybridized carbons (Fsp3) is 0.500. The lowest BCUT2D eigenvalue weighted by molar-refractivity contribution is 0.253. The molecule has 3 heteroatoms. The fourth-order valence-corrected chi connectivity index (χ4v) is 2.44. The summed E-state index contributed by atoms with van der Waals surface area (Å²) in [5, 5.41) is 4.42. The number of hydrogen-bond acceptors (Lipinski definition) is 3. The lowest BCUT2D eigenvalue weighted by atomic mass is 9.85. The van der Waals surface area contributed by atoms with Crippen LogP contribution in [0.5, 0.6) is 5.75 Å². The van der Waals surface area contributed by atoms with Gasteiger partial charge in [0.1, 0.15) is 17.1 Å². The van der Waals surface area contributed by atoms with E-state index < -0.39 is 0 Å². The van der Waals surface area contributed by atoms with Crippen molar-refractivity contribution in [2.45, 2.75) is 33.7 Å². The molecule has 1 unspecified atom stereocenters. The summed E-state index contributed by atoms with van der Waals surface area (Å²) in [7, 11) is 1.97. The van der Waals surface area contributed by atoms with Gasteiger partial charge in [0, 0.05) is 5.39 Å². The maximum Gasteiger partial charge on any atom is 0.134 e. The van der Waals surface area contributed by atoms with Crippen LogP contribution in [0, 0.1) is 5.41 Å². The van der Waals surface area contributed by atoms with Gasteiger partial charge in [-0.05, 0) is 43.7 Å². The van der Waals surface area contributed by atoms with E-state index in [9.17, 15) is 0 Å². The number of rotatable bonds is 4. The van der Waals surface area contributed by atoms with E-state index >= 15 is 0 Å². The molecule has 0 bridgehead atoms. The molecule has 19 heavy (non-hydrogen) atoms. The van der Waals surface area contributed by atoms with E-state index in [2.05, 4.69) is 32.2 Å². The van der Waals surface area contributed by atoms with E-state index in [1.54, 1.807) is 0 Å². The molecule has 1 aromatic carbocycles. The smallest absolute Gasteiger partial charge is 0.134 e. The summed E-state index contributed by atoms with van der Waals surface area (Å²) in [6.45, 7) is 9.27. The highest BCUT2D eigenvalue weighted by molar-refractivity contribution is 5.79. The second-order valence-electron chi connectivity index (χ2n) is 5.87. The highest BCUT2D eigenvalue weighted by Crippen LogP contribution is 2.36. The van der Waals surface area contributed by atoms with Crippen molar-refractivity contribution in [3.8, 4) is 5.75 Å². The average molecular weight is 261 g/mol. The molecule has 0 aliphatic carbocycles. The van der Waals surface area contributed by atoms with Crippen LogP contribution < -0.4 is 10.1 Å². The summed E-state index contributed by atoms with van der Waals surface area (Å²) in [5.41, 5.74) is 1.01. The van der Waals surface area contributed by atoms with E-state index in [1.807, 2.05) is 32.2 Å². The van der Waals surface area contributed by atoms with Crippen LogP contribution in [0.2, 0.25) is 0 Å². The van der Waals surface area contributed by atoms with Crippen LogP contribution in [0.3, 0.4) is 0 Å². The molecule has 1 atom stereocenters. The minimum absolute atomic E-state index is 0.103. The summed E-state index contributed by atoms with van der Waals surface area (Å²) in [5.74, 6) is 1.86. The Labute approximate surface area is 114 Å². The van der Waals surface area contributed by atoms with Gasteiger partial charge < -0.3 is 14.5 Å². The number of ether oxygens (including phenoxy) is 1. The van der Waals surface area contributed by atoms with Crippen LogP contribution in [0.1, 0.15) is 39.5 Å². The van der Waals surface area contributed by atoms with Crippen molar-refractivity contribution in [2.24, 2.45) is 5.41 Å². The van der Waals surface area contributed by atoms with Gasteiger partial charge in [-0.2, -0.15) is 0 Å². The maximum absolute atomic E-state index is 5.96. The standard InChI is InChI=1S/C16H23NO2/c1-6-18-12-7-8-13-11(9-12)10-14(19-13)15(17-5)16(2,3)4/h7-10,15,17H,6H2,1-5H3. The van der Waals surface area contributed by atoms with Gasteiger partial charge in [-0.25, -0.2) is 0 Å². The molecule has 0 fully saturated rings. The van der Waals surface area contributed by atoms with Crippen LogP contribution in [0.15, 0.2) is 28.7 Å². The van der Waals surface area contributed by atoms with Crippen LogP contribution in [0.4, 0.5) is 0 Å². The summed E-state index contributed by atoms with van der Waals surface area (Å²) in [4.78, 5) is 0. The molecule has 0 aliphatic rings. The first-order chi connectivity index (χ1) is 8.95. The van der Waals surface area contributed by atoms with Crippen LogP contribution >= 0.6 is 0 Å². The third-order valence-corrected chi connectivity index (χ3v) is 3.26. The largest absolute Gasteiger partial charge is 0.494 e. The van der Waals surface area contributed by atoms with Crippen molar-refractivity contribution < 1.29 is 9.15 Å². The van der Waals surface area contributed by atoms with Gasteiger partial charge in [-0.1, -0.05) is 20.8 Å². The minimum Gasteiger partial charge on any atom is -0.494 e. The van der Waals surface area contributed by atoms with Crippen LogP contribution in [-0.4, -0.2) is 13.7 Å². The monoisotopic (exact) mass is 261 g/mol. The normalized spacial score (nSPS) is 13.7. The molecular weight excluding hydrogens is 238 g/mol. The van der Waals surface area contributed by atoms with Crippen molar-refractivity contribution in [1.82, 2.24) is 5.32 Å². The van der Waals surface area contributed by atoms with Crippen molar-refractivity contribution in [2.75, 3.05) is 13.7 Å². The molecule has 0 saturated heterocycles. The van der Waals surface area contributed by atoms with E-state index in [1.165, 1.54) is 0 Å². The van der Waals surface area contributed by atoms with Crippen molar-refractivity contribution >= 4 is 11.0 Å². The first-order valence-corrected chi connectivity index (χ1v) is 6.79. The van der Waals surface area contributed by atoms with Gasteiger partial charge in [0.15, 0.2) is 0 Å². The highest BCUT2D eigenvalue weighted by atomic mass is 16.5. The number of hydrogen-bond donors (Lipinski definition) is 1. The number of nitrogens with one attached hydrogen (secondary N) is 1. The summed E-state index contributed by atoms with van der Waals surface area (Å²) in [6, 6.07) is 8.24. The maximum atomic E-state index is 5.96. The zero-order valence-electron chi connectivity index (χ0n) is 12.4. The van der Waals surface area contributed by atoms with Crippen molar-refractivity contribution in [3.63, 3.8) is 0 Å². The lowest BCUT2D eigenvalue weighted by Crippen LogP contribution is -2.29. The van der Waals surface area contributed by atoms with Crippen molar-refractivity contribution in [1.29, 1.82) is 0 Å². The number of benzene rings is 1. The SMILES string of the molecule is CCOc1ccc2oc(C(NC)C(C)(C)C)cc2c1. The van der Waals surface area contributed by atoms with Gasteiger partial charge >= 0.3 is 0 Å². The Morgan fingerprint density at radius 2 is 2.00 bits per heavy atom. The Balaban J connectivity index is 2.40. The molecule has 0 radical (unpaired) electrons. The zero-order chi connectivity index (χ0) is 14.0. The number of fused-ring (bicyclic) bond motifs is 1. The predicted molar refractivity (Wildman–Crippen MR) is 78.6 cm³/mol. The molecule has 0 aliphatic heterocycles. The van der Waals surface area contributed by atoms with E-state index in [0.29, 0.717) is 6.61 Å².